The van der Waals surface area contributed by atoms with Crippen molar-refractivity contribution < 1.29 is 86.3 Å². The van der Waals surface area contributed by atoms with Gasteiger partial charge in [0, 0.05) is 59.5 Å². The lowest BCUT2D eigenvalue weighted by molar-refractivity contribution is 0.0685. The fraction of sp³-hybridized carbons (Fsp3) is 0.411. The van der Waals surface area contributed by atoms with E-state index in [1.165, 1.54) is 53.4 Å². The molecule has 0 aliphatic rings. The van der Waals surface area contributed by atoms with Gasteiger partial charge in [0.2, 0.25) is 33.3 Å². The number of nitrogens with zero attached hydrogens (tertiary/aromatic N) is 2. The molecule has 5 N–H and O–H groups in total. The number of phenols is 2. The summed E-state index contributed by atoms with van der Waals surface area (Å²) in [6.07, 6.45) is 6.74. The number of imidazole rings is 1. The van der Waals surface area contributed by atoms with Crippen LogP contribution in [-0.4, -0.2) is 123 Å². The lowest BCUT2D eigenvalue weighted by atomic mass is 10.0. The fourth-order valence-electron chi connectivity index (χ4n) is 9.60. The van der Waals surface area contributed by atoms with E-state index in [9.17, 15) is 38.4 Å². The normalized spacial score (nSPS) is 11.5. The summed E-state index contributed by atoms with van der Waals surface area (Å²) in [6, 6.07) is 35.6. The van der Waals surface area contributed by atoms with Gasteiger partial charge in [-0.2, -0.15) is 0 Å². The highest BCUT2D eigenvalue weighted by Gasteiger charge is 2.42. The molecule has 26 heteroatoms. The van der Waals surface area contributed by atoms with Crippen LogP contribution in [0.4, 0.5) is 0 Å². The van der Waals surface area contributed by atoms with Gasteiger partial charge in [-0.1, -0.05) is 136 Å². The third-order valence-electron chi connectivity index (χ3n) is 20.9. The number of aromatic carboxylic acids is 3. The number of aryl methyl sites for hydroxylation is 5. The number of phenolic OH excluding ortho intramolecular Hbond substituents is 2. The number of carboxylic acids is 3. The first-order valence-corrected chi connectivity index (χ1v) is 51.7. The molecule has 0 atom stereocenters. The second kappa shape index (κ2) is 43.9. The number of hydrogen-bond donors (Lipinski definition) is 5. The maximum Gasteiger partial charge on any atom is 0.335 e. The number of benzene rings is 7. The molecule has 0 saturated heterocycles. The number of ketones is 3. The lowest BCUT2D eigenvalue weighted by Gasteiger charge is -2.36. The van der Waals surface area contributed by atoms with Crippen LogP contribution in [0.3, 0.4) is 0 Å². The highest BCUT2D eigenvalue weighted by molar-refractivity contribution is 9.24. The summed E-state index contributed by atoms with van der Waals surface area (Å²) >= 11 is 7.01. The largest absolute Gasteiger partial charge is 0.543 e. The minimum atomic E-state index is -1.87. The molecule has 632 valence electrons. The van der Waals surface area contributed by atoms with Gasteiger partial charge in [0.25, 0.3) is 5.91 Å². The van der Waals surface area contributed by atoms with E-state index in [0.29, 0.717) is 64.7 Å². The first-order chi connectivity index (χ1) is 53.2. The van der Waals surface area contributed by atoms with Crippen LogP contribution in [0.15, 0.2) is 146 Å². The predicted molar refractivity (Wildman–Crippen MR) is 483 cm³/mol. The van der Waals surface area contributed by atoms with Crippen molar-refractivity contribution in [2.24, 2.45) is 0 Å². The number of aromatic hydroxyl groups is 2. The van der Waals surface area contributed by atoms with E-state index in [-0.39, 0.29) is 69.8 Å². The molecule has 7 aromatic carbocycles. The molecule has 0 unspecified atom stereocenters. The summed E-state index contributed by atoms with van der Waals surface area (Å²) in [7, 11) is -5.85. The quantitative estimate of drug-likeness (QED) is 0.0193. The van der Waals surface area contributed by atoms with Gasteiger partial charge in [-0.3, -0.25) is 28.5 Å². The number of halogens is 2. The molecule has 0 fully saturated rings. The van der Waals surface area contributed by atoms with Crippen LogP contribution < -0.4 is 22.4 Å². The Bertz CT molecular complexity index is 4700. The Kier molecular flexibility index (Phi) is 39.0. The molecule has 0 bridgehead atoms. The lowest BCUT2D eigenvalue weighted by Crippen LogP contribution is -2.43. The number of alkyl halides is 2. The number of rotatable bonds is 21. The molecular formula is C90H124Br2N2O18Si4. The maximum absolute atomic E-state index is 12.4. The molecule has 0 aliphatic heterocycles. The van der Waals surface area contributed by atoms with Crippen molar-refractivity contribution in [2.45, 2.75) is 234 Å². The maximum atomic E-state index is 12.4. The molecule has 8 rings (SSSR count). The van der Waals surface area contributed by atoms with E-state index in [0.717, 1.165) is 56.4 Å². The van der Waals surface area contributed by atoms with Crippen molar-refractivity contribution in [3.05, 3.63) is 224 Å². The summed E-state index contributed by atoms with van der Waals surface area (Å²) in [5.41, 5.74) is 8.57. The molecule has 20 nitrogen and oxygen atoms in total. The number of carbonyl (C=O) groups excluding carboxylic acids is 5. The van der Waals surface area contributed by atoms with Gasteiger partial charge in [0.05, 0.1) is 27.5 Å². The second-order valence-corrected chi connectivity index (χ2v) is 56.0. The average Bonchev–Trinajstić information content (AvgIpc) is 1.05. The number of Topliss-reactive ketones (excluding diaryl/α,β-unsaturated/α-hetero) is 3. The second-order valence-electron chi connectivity index (χ2n) is 34.0. The Balaban J connectivity index is 0.000000465. The van der Waals surface area contributed by atoms with Gasteiger partial charge < -0.3 is 48.0 Å². The number of carbonyl (C=O) groups is 8. The van der Waals surface area contributed by atoms with E-state index >= 15 is 0 Å². The van der Waals surface area contributed by atoms with Crippen molar-refractivity contribution in [3.8, 4) is 40.2 Å². The summed E-state index contributed by atoms with van der Waals surface area (Å²) in [6.45, 7) is 58.7. The highest BCUT2D eigenvalue weighted by atomic mass is 79.9. The Labute approximate surface area is 709 Å². The van der Waals surface area contributed by atoms with E-state index in [2.05, 4.69) is 172 Å². The smallest absolute Gasteiger partial charge is 0.335 e. The summed E-state index contributed by atoms with van der Waals surface area (Å²) in [5, 5.41) is 44.8. The van der Waals surface area contributed by atoms with Crippen LogP contribution in [-0.2, 0) is 0 Å². The molecule has 0 aliphatic carbocycles. The number of hydrogen-bond acceptors (Lipinski definition) is 16. The van der Waals surface area contributed by atoms with Crippen LogP contribution >= 0.6 is 31.9 Å². The zero-order valence-electron chi connectivity index (χ0n) is 73.3. The van der Waals surface area contributed by atoms with Crippen molar-refractivity contribution in [2.75, 3.05) is 7.11 Å². The molecule has 8 aromatic rings. The van der Waals surface area contributed by atoms with E-state index in [1.54, 1.807) is 71.5 Å². The average molecular weight is 1790 g/mol. The van der Waals surface area contributed by atoms with Crippen LogP contribution in [0.5, 0.6) is 40.2 Å². The van der Waals surface area contributed by atoms with Crippen LogP contribution in [0.1, 0.15) is 243 Å². The fourth-order valence-corrected chi connectivity index (χ4v) is 14.5. The zero-order valence-corrected chi connectivity index (χ0v) is 80.5. The third kappa shape index (κ3) is 31.1. The molecule has 1 heterocycles. The number of aldehydes is 1. The Hall–Kier alpha value is -9.06. The van der Waals surface area contributed by atoms with Crippen LogP contribution in [0.25, 0.3) is 0 Å². The van der Waals surface area contributed by atoms with E-state index in [1.807, 2.05) is 88.4 Å². The number of methoxy groups -OCH3 is 1. The molecule has 116 heavy (non-hydrogen) atoms. The van der Waals surface area contributed by atoms with Gasteiger partial charge in [-0.05, 0) is 268 Å². The molecule has 1 aromatic heterocycles. The van der Waals surface area contributed by atoms with Gasteiger partial charge in [0.15, 0.2) is 23.6 Å². The summed E-state index contributed by atoms with van der Waals surface area (Å²) < 4.78 is 31.3. The zero-order chi connectivity index (χ0) is 89.4. The van der Waals surface area contributed by atoms with Crippen molar-refractivity contribution in [3.63, 3.8) is 0 Å². The summed E-state index contributed by atoms with van der Waals surface area (Å²) in [5.74, 6) is 1.49. The molecular weight excluding hydrogens is 1670 g/mol. The number of aromatic nitrogens is 2. The molecule has 0 radical (unpaired) electrons. The summed E-state index contributed by atoms with van der Waals surface area (Å²) in [4.78, 5) is 93.8. The third-order valence-corrected chi connectivity index (χ3v) is 39.3. The standard InChI is InChI=1S/C17H24N2O2Si.C16H24Br2O2Si.C16H26O2Si.C14H22O3Si.C10H10O3.C9H10O3.C8H8O3/c1-13-11-14(21-22(5,6)17(2,3)4)7-8-15(13)16(20)19-10-9-18-12-19;1-7-14(19)12-9-8-11(10-13(12)15(17)18)20-21(5,6)16(2,3)4;1-8-15(17)14-10-9-13(11-12(14)2)18-19(6,7)16(3,4)5;1-10-9-11(7-8-12(10)13(15)16)17-18(5,6)14(2,3)4;1-2-10(13)9-4-3-8(12)5-7(9)6-11;1-6-5-7(12-2)3-4-8(6)9(10)11;1-5-4-6(9)2-3-7(5)8(10)11/h7-12H,1-6H3;8-10,15H,7H2,1-6H3;9-11H,8H2,1-7H3;7-9H,1-6H3,(H,15,16);3-6,12H,2H2,1H3;3-5H,1-2H3,(H,10,11);2-4,9H,1H3,(H,10,11). The number of carboxylic acid groups (broad SMARTS) is 3. The first-order valence-electron chi connectivity index (χ1n) is 38.2. The van der Waals surface area contributed by atoms with E-state index in [4.69, 9.17) is 48.0 Å². The van der Waals surface area contributed by atoms with Crippen LogP contribution in [0.2, 0.25) is 72.5 Å². The van der Waals surface area contributed by atoms with Gasteiger partial charge in [-0.25, -0.2) is 19.4 Å². The highest BCUT2D eigenvalue weighted by Crippen LogP contribution is 2.43. The Morgan fingerprint density at radius 1 is 0.414 bits per heavy atom. The van der Waals surface area contributed by atoms with Crippen LogP contribution in [0, 0.1) is 34.6 Å². The Morgan fingerprint density at radius 2 is 0.698 bits per heavy atom. The topological polar surface area (TPSA) is 302 Å². The minimum Gasteiger partial charge on any atom is -0.543 e. The van der Waals surface area contributed by atoms with Crippen molar-refractivity contribution in [1.82, 2.24) is 9.55 Å². The minimum absolute atomic E-state index is 0.00486. The predicted octanol–water partition coefficient (Wildman–Crippen LogP) is 24.7. The SMILES string of the molecule is CCC(=O)c1ccc(O)cc1C=O.CCC(=O)c1ccc(O[Si](C)(C)C(C)(C)C)cc1C.CCC(=O)c1ccc(O[Si](C)(C)C(C)(C)C)cc1C(Br)Br.COc1ccc(C(=O)O)c(C)c1.Cc1cc(O)ccc1C(=O)O.Cc1cc(O[Si](C)(C)C(C)(C)C)ccc1C(=O)O.Cc1cc(O[Si](C)(C)C(C)(C)C)ccc1C(=O)n1ccnc1. The molecule has 0 spiro atoms. The van der Waals surface area contributed by atoms with Gasteiger partial charge in [-0.15, -0.1) is 0 Å². The number of ether oxygens (including phenoxy) is 1. The van der Waals surface area contributed by atoms with Gasteiger partial charge >= 0.3 is 17.9 Å². The van der Waals surface area contributed by atoms with E-state index < -0.39 is 51.2 Å². The first kappa shape index (κ1) is 103. The van der Waals surface area contributed by atoms with Crippen molar-refractivity contribution in [1.29, 1.82) is 0 Å². The van der Waals surface area contributed by atoms with Gasteiger partial charge in [0.1, 0.15) is 46.6 Å². The Morgan fingerprint density at radius 3 is 1.00 bits per heavy atom. The monoisotopic (exact) mass is 1790 g/mol. The van der Waals surface area contributed by atoms with Crippen molar-refractivity contribution >= 4 is 113 Å². The molecule has 0 amide bonds. The molecule has 0 saturated carbocycles.